The molecule has 7 heteroatoms. The van der Waals surface area contributed by atoms with Gasteiger partial charge in [-0.05, 0) is 50.4 Å². The SMILES string of the molecule is CN(C)C(=O)CN=C(NCCCOC1CCCCC1)NC1CC2CCC1C2.I. The van der Waals surface area contributed by atoms with E-state index >= 15 is 0 Å². The zero-order valence-electron chi connectivity index (χ0n) is 17.6. The summed E-state index contributed by atoms with van der Waals surface area (Å²) >= 11 is 0. The van der Waals surface area contributed by atoms with Gasteiger partial charge in [-0.2, -0.15) is 0 Å². The van der Waals surface area contributed by atoms with Crippen LogP contribution in [0.1, 0.15) is 64.2 Å². The number of likely N-dealkylation sites (N-methyl/N-ethyl adjacent to an activating group) is 1. The molecule has 3 saturated carbocycles. The van der Waals surface area contributed by atoms with Crippen LogP contribution in [-0.4, -0.2) is 62.7 Å². The number of nitrogens with one attached hydrogen (secondary N) is 2. The molecule has 3 fully saturated rings. The summed E-state index contributed by atoms with van der Waals surface area (Å²) in [4.78, 5) is 18.0. The number of hydrogen-bond donors (Lipinski definition) is 2. The number of rotatable bonds is 8. The zero-order chi connectivity index (χ0) is 19.1. The molecule has 3 atom stereocenters. The molecular weight excluding hydrogens is 467 g/mol. The molecule has 28 heavy (non-hydrogen) atoms. The van der Waals surface area contributed by atoms with Gasteiger partial charge in [0.1, 0.15) is 6.54 Å². The van der Waals surface area contributed by atoms with Gasteiger partial charge in [-0.15, -0.1) is 24.0 Å². The molecule has 0 heterocycles. The molecular formula is C21H39IN4O2. The van der Waals surface area contributed by atoms with Gasteiger partial charge >= 0.3 is 0 Å². The summed E-state index contributed by atoms with van der Waals surface area (Å²) in [5.41, 5.74) is 0. The van der Waals surface area contributed by atoms with Crippen LogP contribution in [0.4, 0.5) is 0 Å². The highest BCUT2D eigenvalue weighted by Crippen LogP contribution is 2.44. The molecule has 0 radical (unpaired) electrons. The molecule has 3 rings (SSSR count). The summed E-state index contributed by atoms with van der Waals surface area (Å²) in [5.74, 6) is 2.49. The van der Waals surface area contributed by atoms with Gasteiger partial charge in [0.15, 0.2) is 5.96 Å². The van der Waals surface area contributed by atoms with Crippen LogP contribution < -0.4 is 10.6 Å². The van der Waals surface area contributed by atoms with Crippen molar-refractivity contribution in [1.82, 2.24) is 15.5 Å². The lowest BCUT2D eigenvalue weighted by Gasteiger charge is -2.25. The van der Waals surface area contributed by atoms with Crippen molar-refractivity contribution < 1.29 is 9.53 Å². The molecule has 0 saturated heterocycles. The van der Waals surface area contributed by atoms with Gasteiger partial charge in [-0.25, -0.2) is 4.99 Å². The van der Waals surface area contributed by atoms with E-state index in [2.05, 4.69) is 15.6 Å². The number of fused-ring (bicyclic) bond motifs is 2. The number of hydrogen-bond acceptors (Lipinski definition) is 3. The van der Waals surface area contributed by atoms with Crippen molar-refractivity contribution in [3.8, 4) is 0 Å². The fraction of sp³-hybridized carbons (Fsp3) is 0.905. The topological polar surface area (TPSA) is 66.0 Å². The monoisotopic (exact) mass is 506 g/mol. The first-order valence-electron chi connectivity index (χ1n) is 11.0. The van der Waals surface area contributed by atoms with E-state index in [0.717, 1.165) is 37.4 Å². The molecule has 6 nitrogen and oxygen atoms in total. The standard InChI is InChI=1S/C21H38N4O2.HI/c1-25(2)20(26)15-23-21(24-19-14-16-9-10-17(19)13-16)22-11-6-12-27-18-7-4-3-5-8-18;/h16-19H,3-15H2,1-2H3,(H2,22,23,24);1H. The first-order chi connectivity index (χ1) is 13.1. The summed E-state index contributed by atoms with van der Waals surface area (Å²) in [6.07, 6.45) is 13.2. The first-order valence-corrected chi connectivity index (χ1v) is 11.0. The van der Waals surface area contributed by atoms with Crippen LogP contribution in [0, 0.1) is 11.8 Å². The van der Waals surface area contributed by atoms with Crippen molar-refractivity contribution in [3.05, 3.63) is 0 Å². The average molecular weight is 506 g/mol. The van der Waals surface area contributed by atoms with E-state index < -0.39 is 0 Å². The molecule has 1 amide bonds. The number of amides is 1. The maximum Gasteiger partial charge on any atom is 0.243 e. The predicted molar refractivity (Wildman–Crippen MR) is 124 cm³/mol. The third-order valence-electron chi connectivity index (χ3n) is 6.45. The second-order valence-electron chi connectivity index (χ2n) is 8.79. The number of carbonyl (C=O) groups excluding carboxylic acids is 1. The number of aliphatic imine (C=N–C) groups is 1. The number of ether oxygens (including phenoxy) is 1. The number of nitrogens with zero attached hydrogens (tertiary/aromatic N) is 2. The molecule has 0 aromatic rings. The van der Waals surface area contributed by atoms with Crippen LogP contribution in [0.15, 0.2) is 4.99 Å². The van der Waals surface area contributed by atoms with E-state index in [9.17, 15) is 4.79 Å². The Bertz CT molecular complexity index is 509. The van der Waals surface area contributed by atoms with Gasteiger partial charge < -0.3 is 20.3 Å². The highest BCUT2D eigenvalue weighted by molar-refractivity contribution is 14.0. The maximum atomic E-state index is 11.9. The molecule has 2 N–H and O–H groups in total. The lowest BCUT2D eigenvalue weighted by Crippen LogP contribution is -2.46. The van der Waals surface area contributed by atoms with Gasteiger partial charge in [0.05, 0.1) is 6.10 Å². The van der Waals surface area contributed by atoms with E-state index in [4.69, 9.17) is 4.74 Å². The van der Waals surface area contributed by atoms with Gasteiger partial charge in [0.25, 0.3) is 0 Å². The average Bonchev–Trinajstić information content (AvgIpc) is 3.29. The Morgan fingerprint density at radius 2 is 1.89 bits per heavy atom. The lowest BCUT2D eigenvalue weighted by atomic mass is 9.95. The van der Waals surface area contributed by atoms with Crippen molar-refractivity contribution in [2.45, 2.75) is 76.4 Å². The number of carbonyl (C=O) groups is 1. The Kier molecular flexibility index (Phi) is 10.3. The third kappa shape index (κ3) is 7.35. The van der Waals surface area contributed by atoms with E-state index in [1.54, 1.807) is 19.0 Å². The molecule has 3 aliphatic rings. The number of guanidine groups is 1. The minimum Gasteiger partial charge on any atom is -0.378 e. The van der Waals surface area contributed by atoms with Crippen molar-refractivity contribution in [2.24, 2.45) is 16.8 Å². The van der Waals surface area contributed by atoms with Gasteiger partial charge in [0, 0.05) is 33.3 Å². The predicted octanol–water partition coefficient (Wildman–Crippen LogP) is 3.16. The van der Waals surface area contributed by atoms with Crippen molar-refractivity contribution in [2.75, 3.05) is 33.8 Å². The smallest absolute Gasteiger partial charge is 0.243 e. The molecule has 162 valence electrons. The molecule has 3 aliphatic carbocycles. The van der Waals surface area contributed by atoms with E-state index in [1.165, 1.54) is 57.8 Å². The Labute approximate surface area is 187 Å². The molecule has 0 aliphatic heterocycles. The first kappa shape index (κ1) is 23.7. The Morgan fingerprint density at radius 3 is 2.54 bits per heavy atom. The van der Waals surface area contributed by atoms with Crippen LogP contribution in [0.2, 0.25) is 0 Å². The molecule has 0 spiro atoms. The van der Waals surface area contributed by atoms with Crippen LogP contribution in [0.25, 0.3) is 0 Å². The molecule has 3 unspecified atom stereocenters. The summed E-state index contributed by atoms with van der Waals surface area (Å²) in [6.45, 7) is 1.83. The molecule has 0 aromatic heterocycles. The Balaban J connectivity index is 0.00000280. The van der Waals surface area contributed by atoms with Crippen molar-refractivity contribution in [3.63, 3.8) is 0 Å². The summed E-state index contributed by atoms with van der Waals surface area (Å²) in [7, 11) is 3.55. The number of halogens is 1. The molecule has 0 aromatic carbocycles. The normalized spacial score (nSPS) is 27.4. The van der Waals surface area contributed by atoms with Crippen LogP contribution in [0.5, 0.6) is 0 Å². The Morgan fingerprint density at radius 1 is 1.11 bits per heavy atom. The minimum atomic E-state index is 0. The third-order valence-corrected chi connectivity index (χ3v) is 6.45. The van der Waals surface area contributed by atoms with E-state index in [-0.39, 0.29) is 36.4 Å². The largest absolute Gasteiger partial charge is 0.378 e. The van der Waals surface area contributed by atoms with Crippen LogP contribution in [-0.2, 0) is 9.53 Å². The minimum absolute atomic E-state index is 0. The van der Waals surface area contributed by atoms with E-state index in [0.29, 0.717) is 12.1 Å². The highest BCUT2D eigenvalue weighted by atomic mass is 127. The van der Waals surface area contributed by atoms with Crippen molar-refractivity contribution in [1.29, 1.82) is 0 Å². The van der Waals surface area contributed by atoms with Gasteiger partial charge in [-0.3, -0.25) is 4.79 Å². The van der Waals surface area contributed by atoms with Gasteiger partial charge in [-0.1, -0.05) is 25.7 Å². The maximum absolute atomic E-state index is 11.9. The second kappa shape index (κ2) is 12.2. The fourth-order valence-corrected chi connectivity index (χ4v) is 4.80. The molecule has 2 bridgehead atoms. The quantitative estimate of drug-likeness (QED) is 0.230. The summed E-state index contributed by atoms with van der Waals surface area (Å²) in [6, 6.07) is 0.517. The van der Waals surface area contributed by atoms with Crippen LogP contribution in [0.3, 0.4) is 0 Å². The second-order valence-corrected chi connectivity index (χ2v) is 8.79. The van der Waals surface area contributed by atoms with E-state index in [1.807, 2.05) is 0 Å². The van der Waals surface area contributed by atoms with Crippen LogP contribution >= 0.6 is 24.0 Å². The van der Waals surface area contributed by atoms with Crippen molar-refractivity contribution >= 4 is 35.8 Å². The lowest BCUT2D eigenvalue weighted by molar-refractivity contribution is -0.127. The fourth-order valence-electron chi connectivity index (χ4n) is 4.80. The summed E-state index contributed by atoms with van der Waals surface area (Å²) < 4.78 is 6.01. The Hall–Kier alpha value is -0.570. The zero-order valence-corrected chi connectivity index (χ0v) is 20.0. The summed E-state index contributed by atoms with van der Waals surface area (Å²) in [5, 5.41) is 7.04. The van der Waals surface area contributed by atoms with Gasteiger partial charge in [0.2, 0.25) is 5.91 Å². The highest BCUT2D eigenvalue weighted by Gasteiger charge is 2.39.